The molecule has 0 amide bonds. The largest absolute Gasteiger partial charge is 0.462 e. The smallest absolute Gasteiger partial charge is 0.334 e. The zero-order valence-corrected chi connectivity index (χ0v) is 28.7. The van der Waals surface area contributed by atoms with Crippen LogP contribution in [0.15, 0.2) is 24.3 Å². The van der Waals surface area contributed by atoms with Crippen molar-refractivity contribution in [1.82, 2.24) is 0 Å². The van der Waals surface area contributed by atoms with Crippen LogP contribution in [-0.2, 0) is 19.1 Å². The van der Waals surface area contributed by atoms with Crippen LogP contribution >= 0.6 is 0 Å². The quantitative estimate of drug-likeness (QED) is 0.156. The summed E-state index contributed by atoms with van der Waals surface area (Å²) in [6.45, 7) is 20.6. The van der Waals surface area contributed by atoms with Crippen LogP contribution in [0.4, 0.5) is 0 Å². The minimum Gasteiger partial charge on any atom is -0.462 e. The van der Waals surface area contributed by atoms with Gasteiger partial charge in [0.15, 0.2) is 0 Å². The molecule has 9 atom stereocenters. The maximum atomic E-state index is 12.4. The second-order valence-corrected chi connectivity index (χ2v) is 16.3. The maximum Gasteiger partial charge on any atom is 0.334 e. The Bertz CT molecular complexity index is 1010. The van der Waals surface area contributed by atoms with Crippen molar-refractivity contribution >= 4 is 11.9 Å². The third kappa shape index (κ3) is 7.32. The third-order valence-corrected chi connectivity index (χ3v) is 13.5. The number of carbonyl (C=O) groups is 2. The molecule has 0 saturated heterocycles. The van der Waals surface area contributed by atoms with Crippen molar-refractivity contribution < 1.29 is 19.1 Å². The number of fused-ring (bicyclic) bond motifs is 5. The normalized spacial score (nSPS) is 35.4. The molecule has 4 N–H and O–H groups in total. The first kappa shape index (κ1) is 35.2. The first-order valence-corrected chi connectivity index (χ1v) is 18.0. The van der Waals surface area contributed by atoms with Crippen molar-refractivity contribution in [1.29, 1.82) is 0 Å². The Hall–Kier alpha value is -1.66. The van der Waals surface area contributed by atoms with Gasteiger partial charge in [0.05, 0.1) is 13.2 Å². The van der Waals surface area contributed by atoms with E-state index in [0.717, 1.165) is 48.3 Å². The van der Waals surface area contributed by atoms with Crippen molar-refractivity contribution in [2.24, 2.45) is 75.6 Å². The zero-order chi connectivity index (χ0) is 32.2. The highest BCUT2D eigenvalue weighted by Gasteiger charge is 2.60. The molecule has 4 saturated carbocycles. The summed E-state index contributed by atoms with van der Waals surface area (Å²) in [7, 11) is 0. The van der Waals surface area contributed by atoms with E-state index in [1.807, 2.05) is 0 Å². The van der Waals surface area contributed by atoms with Gasteiger partial charge >= 0.3 is 11.9 Å². The molecule has 0 unspecified atom stereocenters. The Morgan fingerprint density at radius 1 is 0.795 bits per heavy atom. The highest BCUT2D eigenvalue weighted by molar-refractivity contribution is 5.88. The van der Waals surface area contributed by atoms with Gasteiger partial charge in [0.25, 0.3) is 0 Å². The molecule has 250 valence electrons. The highest BCUT2D eigenvalue weighted by atomic mass is 16.5. The van der Waals surface area contributed by atoms with Crippen LogP contribution in [-0.4, -0.2) is 38.2 Å². The topological polar surface area (TPSA) is 105 Å². The number of ether oxygens (including phenoxy) is 2. The first-order chi connectivity index (χ1) is 20.8. The molecule has 0 spiro atoms. The molecular formula is C38H64N2O4. The van der Waals surface area contributed by atoms with Crippen molar-refractivity contribution in [3.8, 4) is 0 Å². The maximum absolute atomic E-state index is 12.4. The Morgan fingerprint density at radius 3 is 1.98 bits per heavy atom. The average molecular weight is 613 g/mol. The number of hydrogen-bond donors (Lipinski definition) is 2. The number of hydrogen-bond acceptors (Lipinski definition) is 6. The fraction of sp³-hybridized carbons (Fsp3) is 0.842. The highest BCUT2D eigenvalue weighted by Crippen LogP contribution is 2.69. The monoisotopic (exact) mass is 612 g/mol. The van der Waals surface area contributed by atoms with E-state index < -0.39 is 11.9 Å². The molecule has 4 aliphatic carbocycles. The number of carbonyl (C=O) groups excluding carboxylic acids is 2. The molecule has 0 heterocycles. The lowest BCUT2D eigenvalue weighted by Gasteiger charge is -2.61. The van der Waals surface area contributed by atoms with Gasteiger partial charge < -0.3 is 20.9 Å². The average Bonchev–Trinajstić information content (AvgIpc) is 3.36. The number of rotatable bonds is 14. The van der Waals surface area contributed by atoms with Crippen molar-refractivity contribution in [2.45, 2.75) is 112 Å². The Labute approximate surface area is 268 Å². The zero-order valence-electron chi connectivity index (χ0n) is 28.7. The van der Waals surface area contributed by atoms with Crippen LogP contribution in [0.5, 0.6) is 0 Å². The summed E-state index contributed by atoms with van der Waals surface area (Å²) in [5.41, 5.74) is 12.6. The van der Waals surface area contributed by atoms with Crippen LogP contribution < -0.4 is 11.5 Å². The van der Waals surface area contributed by atoms with Crippen LogP contribution in [0.25, 0.3) is 0 Å². The molecule has 44 heavy (non-hydrogen) atoms. The summed E-state index contributed by atoms with van der Waals surface area (Å²) in [5, 5.41) is 0. The molecular weight excluding hydrogens is 548 g/mol. The number of nitrogens with two attached hydrogens (primary N) is 2. The molecule has 0 aliphatic heterocycles. The van der Waals surface area contributed by atoms with Gasteiger partial charge in [0.2, 0.25) is 0 Å². The SMILES string of the molecule is C=C(CN)C(=O)OCC(COC(=O)C(=C)CN)[C@H]1CC[C@@]2(C)[C@@H](CC[C@@H]3[C@@H]2CC[C@]2(C)[C@@H]([C@H](C)CCCC(C)C)CC[C@@H]32)C1. The van der Waals surface area contributed by atoms with Gasteiger partial charge in [0.1, 0.15) is 0 Å². The van der Waals surface area contributed by atoms with Gasteiger partial charge in [-0.3, -0.25) is 0 Å². The van der Waals surface area contributed by atoms with E-state index in [4.69, 9.17) is 20.9 Å². The molecule has 0 aromatic carbocycles. The van der Waals surface area contributed by atoms with Crippen LogP contribution in [0.2, 0.25) is 0 Å². The Morgan fingerprint density at radius 2 is 1.39 bits per heavy atom. The van der Waals surface area contributed by atoms with E-state index >= 15 is 0 Å². The lowest BCUT2D eigenvalue weighted by Crippen LogP contribution is -2.54. The van der Waals surface area contributed by atoms with E-state index in [-0.39, 0.29) is 43.4 Å². The summed E-state index contributed by atoms with van der Waals surface area (Å²) < 4.78 is 11.3. The summed E-state index contributed by atoms with van der Waals surface area (Å²) in [6.07, 6.45) is 15.8. The molecule has 0 aromatic rings. The lowest BCUT2D eigenvalue weighted by molar-refractivity contribution is -0.150. The van der Waals surface area contributed by atoms with Crippen LogP contribution in [0.1, 0.15) is 112 Å². The standard InChI is InChI=1S/C38H64N2O4/c1-24(2)9-8-10-25(3)32-13-14-33-31-12-11-30-19-28(15-17-37(30,6)34(31)16-18-38(32,33)7)29(22-43-35(41)26(4)20-39)23-44-36(42)27(5)21-40/h24-25,28-34H,4-5,8-23,39-40H2,1-3,6-7H3/t25-,28+,30+,31+,32-,33+,34+,37+,38-/m1/s1. The molecule has 6 heteroatoms. The fourth-order valence-electron chi connectivity index (χ4n) is 10.8. The predicted molar refractivity (Wildman–Crippen MR) is 178 cm³/mol. The second-order valence-electron chi connectivity index (χ2n) is 16.3. The van der Waals surface area contributed by atoms with E-state index in [1.54, 1.807) is 0 Å². The van der Waals surface area contributed by atoms with Crippen molar-refractivity contribution in [2.75, 3.05) is 26.3 Å². The summed E-state index contributed by atoms with van der Waals surface area (Å²) >= 11 is 0. The first-order valence-electron chi connectivity index (χ1n) is 18.0. The van der Waals surface area contributed by atoms with Crippen molar-refractivity contribution in [3.63, 3.8) is 0 Å². The van der Waals surface area contributed by atoms with E-state index in [1.165, 1.54) is 64.2 Å². The summed E-state index contributed by atoms with van der Waals surface area (Å²) in [4.78, 5) is 24.8. The van der Waals surface area contributed by atoms with E-state index in [9.17, 15) is 9.59 Å². The van der Waals surface area contributed by atoms with Gasteiger partial charge in [-0.2, -0.15) is 0 Å². The minimum absolute atomic E-state index is 0.0660. The Kier molecular flexibility index (Phi) is 11.9. The van der Waals surface area contributed by atoms with E-state index in [0.29, 0.717) is 22.7 Å². The summed E-state index contributed by atoms with van der Waals surface area (Å²) in [5.74, 6) is 5.08. The van der Waals surface area contributed by atoms with Crippen LogP contribution in [0, 0.1) is 64.1 Å². The molecule has 0 aromatic heterocycles. The van der Waals surface area contributed by atoms with Gasteiger partial charge in [0, 0.05) is 30.2 Å². The third-order valence-electron chi connectivity index (χ3n) is 13.5. The molecule has 4 rings (SSSR count). The molecule has 0 radical (unpaired) electrons. The summed E-state index contributed by atoms with van der Waals surface area (Å²) in [6, 6.07) is 0. The Balaban J connectivity index is 1.42. The van der Waals surface area contributed by atoms with Gasteiger partial charge in [-0.25, -0.2) is 9.59 Å². The van der Waals surface area contributed by atoms with Crippen LogP contribution in [0.3, 0.4) is 0 Å². The second kappa shape index (κ2) is 14.8. The van der Waals surface area contributed by atoms with Gasteiger partial charge in [-0.15, -0.1) is 0 Å². The molecule has 4 aliphatic rings. The molecule has 6 nitrogen and oxygen atoms in total. The molecule has 4 fully saturated rings. The molecule has 0 bridgehead atoms. The number of esters is 2. The lowest BCUT2D eigenvalue weighted by atomic mass is 9.43. The van der Waals surface area contributed by atoms with Crippen molar-refractivity contribution in [3.05, 3.63) is 24.3 Å². The minimum atomic E-state index is -0.467. The van der Waals surface area contributed by atoms with E-state index in [2.05, 4.69) is 47.8 Å². The van der Waals surface area contributed by atoms with Gasteiger partial charge in [-0.05, 0) is 116 Å². The fourth-order valence-corrected chi connectivity index (χ4v) is 10.8. The predicted octanol–water partition coefficient (Wildman–Crippen LogP) is 7.46. The van der Waals surface area contributed by atoms with Gasteiger partial charge in [-0.1, -0.05) is 67.0 Å².